The third kappa shape index (κ3) is 3.55. The predicted octanol–water partition coefficient (Wildman–Crippen LogP) is 1.71. The van der Waals surface area contributed by atoms with Crippen LogP contribution in [-0.4, -0.2) is 36.1 Å². The molecule has 3 atom stereocenters. The number of nitrogens with zero attached hydrogens (tertiary/aromatic N) is 1. The molecule has 1 aromatic carbocycles. The fourth-order valence-electron chi connectivity index (χ4n) is 2.37. The maximum absolute atomic E-state index is 12.3. The molecule has 0 spiro atoms. The summed E-state index contributed by atoms with van der Waals surface area (Å²) in [5, 5.41) is 0. The van der Waals surface area contributed by atoms with E-state index in [4.69, 9.17) is 10.5 Å². The first kappa shape index (κ1) is 14.0. The molecule has 0 unspecified atom stereocenters. The second-order valence-corrected chi connectivity index (χ2v) is 5.26. The molecule has 0 saturated carbocycles. The average Bonchev–Trinajstić information content (AvgIpc) is 2.42. The quantitative estimate of drug-likeness (QED) is 0.902. The van der Waals surface area contributed by atoms with E-state index in [0.29, 0.717) is 19.6 Å². The van der Waals surface area contributed by atoms with Crippen molar-refractivity contribution in [3.8, 4) is 0 Å². The number of morpholine rings is 1. The van der Waals surface area contributed by atoms with Gasteiger partial charge in [0, 0.05) is 19.0 Å². The SMILES string of the molecule is C[C@@H]1CN(C(=O)C[C@@H](N)c2ccccc2)[C@H](C)CO1. The van der Waals surface area contributed by atoms with Crippen LogP contribution >= 0.6 is 0 Å². The van der Waals surface area contributed by atoms with Gasteiger partial charge in [0.15, 0.2) is 0 Å². The molecule has 4 heteroatoms. The van der Waals surface area contributed by atoms with Crippen LogP contribution in [0, 0.1) is 0 Å². The highest BCUT2D eigenvalue weighted by molar-refractivity contribution is 5.77. The first-order valence-electron chi connectivity index (χ1n) is 6.79. The smallest absolute Gasteiger partial charge is 0.224 e. The number of carbonyl (C=O) groups is 1. The highest BCUT2D eigenvalue weighted by Crippen LogP contribution is 2.18. The summed E-state index contributed by atoms with van der Waals surface area (Å²) in [6, 6.07) is 9.65. The highest BCUT2D eigenvalue weighted by atomic mass is 16.5. The number of amides is 1. The lowest BCUT2D eigenvalue weighted by molar-refractivity contribution is -0.143. The van der Waals surface area contributed by atoms with Gasteiger partial charge in [-0.1, -0.05) is 30.3 Å². The van der Waals surface area contributed by atoms with Gasteiger partial charge in [0.05, 0.1) is 18.8 Å². The van der Waals surface area contributed by atoms with Crippen molar-refractivity contribution in [1.29, 1.82) is 0 Å². The molecular weight excluding hydrogens is 240 g/mol. The van der Waals surface area contributed by atoms with Crippen molar-refractivity contribution in [2.24, 2.45) is 5.73 Å². The van der Waals surface area contributed by atoms with E-state index in [0.717, 1.165) is 5.56 Å². The standard InChI is InChI=1S/C15H22N2O2/c1-11-10-19-12(2)9-17(11)15(18)8-14(16)13-6-4-3-5-7-13/h3-7,11-12,14H,8-10,16H2,1-2H3/t11-,12-,14-/m1/s1. The van der Waals surface area contributed by atoms with Crippen LogP contribution in [0.25, 0.3) is 0 Å². The molecule has 0 bridgehead atoms. The molecule has 0 aromatic heterocycles. The molecule has 1 aliphatic heterocycles. The van der Waals surface area contributed by atoms with Gasteiger partial charge in [-0.3, -0.25) is 4.79 Å². The molecule has 1 aromatic rings. The Morgan fingerprint density at radius 2 is 2.11 bits per heavy atom. The summed E-state index contributed by atoms with van der Waals surface area (Å²) in [7, 11) is 0. The fourth-order valence-corrected chi connectivity index (χ4v) is 2.37. The van der Waals surface area contributed by atoms with E-state index >= 15 is 0 Å². The minimum atomic E-state index is -0.237. The molecule has 19 heavy (non-hydrogen) atoms. The molecule has 104 valence electrons. The van der Waals surface area contributed by atoms with Crippen molar-refractivity contribution in [2.45, 2.75) is 38.5 Å². The maximum Gasteiger partial charge on any atom is 0.224 e. The van der Waals surface area contributed by atoms with Gasteiger partial charge in [-0.15, -0.1) is 0 Å². The molecule has 1 heterocycles. The Morgan fingerprint density at radius 3 is 2.79 bits per heavy atom. The number of rotatable bonds is 3. The van der Waals surface area contributed by atoms with Gasteiger partial charge in [-0.2, -0.15) is 0 Å². The number of nitrogens with two attached hydrogens (primary N) is 1. The lowest BCUT2D eigenvalue weighted by atomic mass is 10.0. The number of ether oxygens (including phenoxy) is 1. The van der Waals surface area contributed by atoms with Gasteiger partial charge in [-0.05, 0) is 19.4 Å². The second-order valence-electron chi connectivity index (χ2n) is 5.26. The molecule has 2 rings (SSSR count). The molecule has 1 fully saturated rings. The zero-order valence-corrected chi connectivity index (χ0v) is 11.6. The first-order valence-corrected chi connectivity index (χ1v) is 6.79. The molecule has 1 aliphatic rings. The summed E-state index contributed by atoms with van der Waals surface area (Å²) in [6.45, 7) is 5.26. The van der Waals surface area contributed by atoms with Crippen LogP contribution in [0.1, 0.15) is 31.9 Å². The summed E-state index contributed by atoms with van der Waals surface area (Å²) < 4.78 is 5.53. The van der Waals surface area contributed by atoms with Crippen molar-refractivity contribution in [2.75, 3.05) is 13.2 Å². The van der Waals surface area contributed by atoms with Crippen molar-refractivity contribution in [3.63, 3.8) is 0 Å². The summed E-state index contributed by atoms with van der Waals surface area (Å²) in [4.78, 5) is 14.2. The predicted molar refractivity (Wildman–Crippen MR) is 74.6 cm³/mol. The summed E-state index contributed by atoms with van der Waals surface area (Å²) in [5.41, 5.74) is 7.11. The Kier molecular flexibility index (Phi) is 4.56. The van der Waals surface area contributed by atoms with Crippen LogP contribution in [0.2, 0.25) is 0 Å². The maximum atomic E-state index is 12.3. The van der Waals surface area contributed by atoms with Crippen molar-refractivity contribution in [1.82, 2.24) is 4.90 Å². The van der Waals surface area contributed by atoms with Gasteiger partial charge < -0.3 is 15.4 Å². The zero-order chi connectivity index (χ0) is 13.8. The Balaban J connectivity index is 1.96. The van der Waals surface area contributed by atoms with E-state index in [-0.39, 0.29) is 24.1 Å². The lowest BCUT2D eigenvalue weighted by Crippen LogP contribution is -2.50. The monoisotopic (exact) mass is 262 g/mol. The van der Waals surface area contributed by atoms with Crippen LogP contribution in [0.3, 0.4) is 0 Å². The number of hydrogen-bond acceptors (Lipinski definition) is 3. The fraction of sp³-hybridized carbons (Fsp3) is 0.533. The van der Waals surface area contributed by atoms with Gasteiger partial charge in [0.2, 0.25) is 5.91 Å². The van der Waals surface area contributed by atoms with E-state index in [1.54, 1.807) is 0 Å². The van der Waals surface area contributed by atoms with E-state index < -0.39 is 0 Å². The normalized spacial score (nSPS) is 25.1. The summed E-state index contributed by atoms with van der Waals surface area (Å²) in [6.07, 6.45) is 0.453. The van der Waals surface area contributed by atoms with E-state index in [1.807, 2.05) is 49.1 Å². The number of carbonyl (C=O) groups excluding carboxylic acids is 1. The third-order valence-electron chi connectivity index (χ3n) is 3.55. The Morgan fingerprint density at radius 1 is 1.42 bits per heavy atom. The van der Waals surface area contributed by atoms with E-state index in [2.05, 4.69) is 0 Å². The van der Waals surface area contributed by atoms with Crippen LogP contribution in [-0.2, 0) is 9.53 Å². The van der Waals surface area contributed by atoms with Crippen LogP contribution in [0.15, 0.2) is 30.3 Å². The van der Waals surface area contributed by atoms with Gasteiger partial charge in [-0.25, -0.2) is 0 Å². The molecule has 4 nitrogen and oxygen atoms in total. The zero-order valence-electron chi connectivity index (χ0n) is 11.6. The number of benzene rings is 1. The molecule has 0 radical (unpaired) electrons. The first-order chi connectivity index (χ1) is 9.08. The minimum absolute atomic E-state index is 0.105. The van der Waals surface area contributed by atoms with Crippen molar-refractivity contribution in [3.05, 3.63) is 35.9 Å². The van der Waals surface area contributed by atoms with Crippen molar-refractivity contribution < 1.29 is 9.53 Å². The molecule has 2 N–H and O–H groups in total. The lowest BCUT2D eigenvalue weighted by Gasteiger charge is -2.37. The van der Waals surface area contributed by atoms with Crippen molar-refractivity contribution >= 4 is 5.91 Å². The summed E-state index contributed by atoms with van der Waals surface area (Å²) in [5.74, 6) is 0.110. The second kappa shape index (κ2) is 6.17. The minimum Gasteiger partial charge on any atom is -0.375 e. The Labute approximate surface area is 114 Å². The van der Waals surface area contributed by atoms with Gasteiger partial charge >= 0.3 is 0 Å². The van der Waals surface area contributed by atoms with Gasteiger partial charge in [0.25, 0.3) is 0 Å². The molecule has 1 amide bonds. The van der Waals surface area contributed by atoms with Crippen LogP contribution < -0.4 is 5.73 Å². The molecular formula is C15H22N2O2. The largest absolute Gasteiger partial charge is 0.375 e. The summed E-state index contributed by atoms with van der Waals surface area (Å²) >= 11 is 0. The van der Waals surface area contributed by atoms with Crippen LogP contribution in [0.5, 0.6) is 0 Å². The number of hydrogen-bond donors (Lipinski definition) is 1. The Hall–Kier alpha value is -1.39. The average molecular weight is 262 g/mol. The topological polar surface area (TPSA) is 55.6 Å². The molecule has 1 saturated heterocycles. The Bertz CT molecular complexity index is 421. The van der Waals surface area contributed by atoms with E-state index in [1.165, 1.54) is 0 Å². The third-order valence-corrected chi connectivity index (χ3v) is 3.55. The van der Waals surface area contributed by atoms with Crippen LogP contribution in [0.4, 0.5) is 0 Å². The van der Waals surface area contributed by atoms with E-state index in [9.17, 15) is 4.79 Å². The highest BCUT2D eigenvalue weighted by Gasteiger charge is 2.28. The molecule has 0 aliphatic carbocycles. The van der Waals surface area contributed by atoms with Gasteiger partial charge in [0.1, 0.15) is 0 Å².